The summed E-state index contributed by atoms with van der Waals surface area (Å²) in [5, 5.41) is 16.1. The van der Waals surface area contributed by atoms with Gasteiger partial charge in [0, 0.05) is 0 Å². The largest absolute Gasteiger partial charge is 0.463 e. The van der Waals surface area contributed by atoms with Gasteiger partial charge in [-0.1, -0.05) is 0 Å². The highest BCUT2D eigenvalue weighted by molar-refractivity contribution is 5.76. The number of hydrogen-bond donors (Lipinski definition) is 1. The van der Waals surface area contributed by atoms with E-state index in [1.165, 1.54) is 10.9 Å². The van der Waals surface area contributed by atoms with Crippen LogP contribution in [0.2, 0.25) is 0 Å². The predicted molar refractivity (Wildman–Crippen MR) is 76.4 cm³/mol. The molecule has 0 aliphatic rings. The molecule has 0 aromatic carbocycles. The number of hydrogen-bond acceptors (Lipinski definition) is 7. The lowest BCUT2D eigenvalue weighted by molar-refractivity contribution is 0.559. The lowest BCUT2D eigenvalue weighted by Gasteiger charge is -1.99. The van der Waals surface area contributed by atoms with Gasteiger partial charge in [-0.3, -0.25) is 0 Å². The van der Waals surface area contributed by atoms with Gasteiger partial charge in [0.25, 0.3) is 5.95 Å². The molecule has 0 amide bonds. The Hall–Kier alpha value is -3.16. The third kappa shape index (κ3) is 3.06. The van der Waals surface area contributed by atoms with Crippen LogP contribution in [0.25, 0.3) is 0 Å². The minimum atomic E-state index is 0.387. The van der Waals surface area contributed by atoms with Gasteiger partial charge in [-0.2, -0.15) is 14.9 Å². The van der Waals surface area contributed by atoms with Gasteiger partial charge in [-0.15, -0.1) is 10.2 Å². The van der Waals surface area contributed by atoms with Crippen LogP contribution in [0.5, 0.6) is 0 Å². The summed E-state index contributed by atoms with van der Waals surface area (Å²) in [7, 11) is 0. The summed E-state index contributed by atoms with van der Waals surface area (Å²) in [6.07, 6.45) is 6.25. The van der Waals surface area contributed by atoms with E-state index in [1.807, 2.05) is 0 Å². The first-order valence-corrected chi connectivity index (χ1v) is 6.15. The summed E-state index contributed by atoms with van der Waals surface area (Å²) in [5.41, 5.74) is 2.76. The highest BCUT2D eigenvalue weighted by atomic mass is 16.3. The molecule has 1 N–H and O–H groups in total. The summed E-state index contributed by atoms with van der Waals surface area (Å²) < 4.78 is 11.8. The van der Waals surface area contributed by atoms with Crippen LogP contribution in [0, 0.1) is 6.92 Å². The van der Waals surface area contributed by atoms with Crippen LogP contribution in [0.3, 0.4) is 0 Å². The van der Waals surface area contributed by atoms with Crippen molar-refractivity contribution in [3.63, 3.8) is 0 Å². The molecule has 0 bridgehead atoms. The number of nitrogens with one attached hydrogen (secondary N) is 1. The van der Waals surface area contributed by atoms with Crippen molar-refractivity contribution in [3.8, 4) is 0 Å². The number of aryl methyl sites for hydroxylation is 1. The van der Waals surface area contributed by atoms with Gasteiger partial charge < -0.3 is 8.83 Å². The third-order valence-corrected chi connectivity index (χ3v) is 2.54. The first kappa shape index (κ1) is 12.9. The molecule has 0 saturated carbocycles. The summed E-state index contributed by atoms with van der Waals surface area (Å²) >= 11 is 0. The Morgan fingerprint density at radius 3 is 2.48 bits per heavy atom. The zero-order valence-electron chi connectivity index (χ0n) is 11.2. The molecule has 21 heavy (non-hydrogen) atoms. The molecule has 0 fully saturated rings. The second-order valence-corrected chi connectivity index (χ2v) is 4.03. The van der Waals surface area contributed by atoms with Crippen LogP contribution in [-0.2, 0) is 0 Å². The Kier molecular flexibility index (Phi) is 3.59. The monoisotopic (exact) mass is 284 g/mol. The summed E-state index contributed by atoms with van der Waals surface area (Å²) in [6, 6.07) is 7.15. The molecule has 0 atom stereocenters. The van der Waals surface area contributed by atoms with Gasteiger partial charge >= 0.3 is 0 Å². The van der Waals surface area contributed by atoms with E-state index in [0.717, 1.165) is 0 Å². The van der Waals surface area contributed by atoms with Crippen molar-refractivity contribution < 1.29 is 8.83 Å². The van der Waals surface area contributed by atoms with Crippen LogP contribution in [0.15, 0.2) is 55.8 Å². The molecule has 0 unspecified atom stereocenters. The molecular weight excluding hydrogens is 272 g/mol. The van der Waals surface area contributed by atoms with Crippen LogP contribution >= 0.6 is 0 Å². The Morgan fingerprint density at radius 2 is 1.81 bits per heavy atom. The van der Waals surface area contributed by atoms with Crippen molar-refractivity contribution >= 4 is 18.4 Å². The topological polar surface area (TPSA) is 93.7 Å². The number of anilines is 1. The Bertz CT molecular complexity index is 740. The van der Waals surface area contributed by atoms with Crippen molar-refractivity contribution in [1.29, 1.82) is 0 Å². The van der Waals surface area contributed by atoms with E-state index >= 15 is 0 Å². The number of hydrazone groups is 1. The van der Waals surface area contributed by atoms with Crippen molar-refractivity contribution in [2.75, 3.05) is 5.43 Å². The maximum Gasteiger partial charge on any atom is 0.266 e. The minimum absolute atomic E-state index is 0.387. The second-order valence-electron chi connectivity index (χ2n) is 4.03. The molecule has 3 aromatic heterocycles. The predicted octanol–water partition coefficient (Wildman–Crippen LogP) is 2.10. The van der Waals surface area contributed by atoms with E-state index in [-0.39, 0.29) is 0 Å². The summed E-state index contributed by atoms with van der Waals surface area (Å²) in [6.45, 7) is 1.79. The number of rotatable bonds is 5. The molecular formula is C13H12N6O2. The van der Waals surface area contributed by atoms with Crippen LogP contribution in [0.4, 0.5) is 5.95 Å². The zero-order valence-corrected chi connectivity index (χ0v) is 11.2. The first-order valence-electron chi connectivity index (χ1n) is 6.15. The average molecular weight is 284 g/mol. The highest BCUT2D eigenvalue weighted by Gasteiger charge is 2.06. The molecule has 3 aromatic rings. The van der Waals surface area contributed by atoms with Crippen molar-refractivity contribution in [1.82, 2.24) is 14.9 Å². The zero-order chi connectivity index (χ0) is 14.5. The second kappa shape index (κ2) is 5.87. The van der Waals surface area contributed by atoms with E-state index in [9.17, 15) is 0 Å². The molecule has 106 valence electrons. The van der Waals surface area contributed by atoms with Crippen molar-refractivity contribution in [2.45, 2.75) is 6.92 Å². The molecule has 0 spiro atoms. The standard InChI is InChI=1S/C13H12N6O2/c1-10-16-18-13(17-14-8-11-4-2-6-20-11)19(10)15-9-12-5-3-7-21-12/h2-9H,1H3,(H,17,18)/b14-8-,15-9-. The maximum atomic E-state index is 5.18. The minimum Gasteiger partial charge on any atom is -0.463 e. The molecule has 3 rings (SSSR count). The van der Waals surface area contributed by atoms with E-state index in [2.05, 4.69) is 25.8 Å². The molecule has 8 nitrogen and oxygen atoms in total. The quantitative estimate of drug-likeness (QED) is 0.572. The molecule has 0 radical (unpaired) electrons. The number of nitrogens with zero attached hydrogens (tertiary/aromatic N) is 5. The van der Waals surface area contributed by atoms with Crippen LogP contribution in [0.1, 0.15) is 17.3 Å². The van der Waals surface area contributed by atoms with E-state index < -0.39 is 0 Å². The summed E-state index contributed by atoms with van der Waals surface area (Å²) in [4.78, 5) is 0. The SMILES string of the molecule is Cc1nnc(N/N=C\c2ccco2)n1/N=C\c1ccco1. The maximum absolute atomic E-state index is 5.18. The molecule has 0 saturated heterocycles. The van der Waals surface area contributed by atoms with E-state index in [4.69, 9.17) is 8.83 Å². The fourth-order valence-corrected chi connectivity index (χ4v) is 1.56. The van der Waals surface area contributed by atoms with Crippen LogP contribution < -0.4 is 5.43 Å². The lowest BCUT2D eigenvalue weighted by atomic mass is 10.5. The average Bonchev–Trinajstić information content (AvgIpc) is 3.20. The number of aromatic nitrogens is 3. The molecule has 0 aliphatic heterocycles. The van der Waals surface area contributed by atoms with Crippen molar-refractivity contribution in [2.24, 2.45) is 10.2 Å². The lowest BCUT2D eigenvalue weighted by Crippen LogP contribution is -2.01. The molecule has 0 aliphatic carbocycles. The Balaban J connectivity index is 1.74. The molecule has 3 heterocycles. The smallest absolute Gasteiger partial charge is 0.266 e. The third-order valence-electron chi connectivity index (χ3n) is 2.54. The normalized spacial score (nSPS) is 11.7. The van der Waals surface area contributed by atoms with Gasteiger partial charge in [0.1, 0.15) is 11.5 Å². The van der Waals surface area contributed by atoms with Gasteiger partial charge in [0.2, 0.25) is 0 Å². The van der Waals surface area contributed by atoms with Crippen molar-refractivity contribution in [3.05, 3.63) is 54.1 Å². The first-order chi connectivity index (χ1) is 10.3. The van der Waals surface area contributed by atoms with E-state index in [1.54, 1.807) is 49.9 Å². The fraction of sp³-hybridized carbons (Fsp3) is 0.0769. The van der Waals surface area contributed by atoms with Gasteiger partial charge in [-0.05, 0) is 31.2 Å². The summed E-state index contributed by atoms with van der Waals surface area (Å²) in [5.74, 6) is 2.27. The van der Waals surface area contributed by atoms with Gasteiger partial charge in [0.05, 0.1) is 25.0 Å². The van der Waals surface area contributed by atoms with Gasteiger partial charge in [0.15, 0.2) is 5.82 Å². The Morgan fingerprint density at radius 1 is 1.10 bits per heavy atom. The van der Waals surface area contributed by atoms with E-state index in [0.29, 0.717) is 23.3 Å². The molecule has 8 heteroatoms. The fourth-order valence-electron chi connectivity index (χ4n) is 1.56. The van der Waals surface area contributed by atoms with Gasteiger partial charge in [-0.25, -0.2) is 5.43 Å². The Labute approximate surface area is 119 Å². The van der Waals surface area contributed by atoms with Crippen LogP contribution in [-0.4, -0.2) is 27.3 Å². The highest BCUT2D eigenvalue weighted by Crippen LogP contribution is 2.07. The number of furan rings is 2.